The van der Waals surface area contributed by atoms with Gasteiger partial charge in [0.25, 0.3) is 11.5 Å². The van der Waals surface area contributed by atoms with Crippen LogP contribution in [0.5, 0.6) is 0 Å². The number of carbonyl (C=O) groups is 1. The van der Waals surface area contributed by atoms with Gasteiger partial charge in [0.05, 0.1) is 28.2 Å². The minimum Gasteiger partial charge on any atom is -0.295 e. The highest BCUT2D eigenvalue weighted by atomic mass is 79.9. The summed E-state index contributed by atoms with van der Waals surface area (Å²) in [6.45, 7) is 3.54. The van der Waals surface area contributed by atoms with Crippen molar-refractivity contribution < 1.29 is 4.79 Å². The molecule has 0 bridgehead atoms. The van der Waals surface area contributed by atoms with Crippen molar-refractivity contribution in [2.45, 2.75) is 13.8 Å². The lowest BCUT2D eigenvalue weighted by molar-refractivity contribution is -0.114. The average Bonchev–Trinajstić information content (AvgIpc) is 3.13. The first kappa shape index (κ1) is 19.4. The maximum Gasteiger partial charge on any atom is 0.280 e. The van der Waals surface area contributed by atoms with Crippen molar-refractivity contribution in [2.24, 2.45) is 5.10 Å². The Kier molecular flexibility index (Phi) is 5.02. The van der Waals surface area contributed by atoms with Crippen LogP contribution in [-0.2, 0) is 4.79 Å². The maximum atomic E-state index is 13.0. The van der Waals surface area contributed by atoms with E-state index in [1.165, 1.54) is 9.69 Å². The number of aromatic nitrogens is 2. The first-order valence-electron chi connectivity index (χ1n) is 8.80. The Labute approximate surface area is 180 Å². The monoisotopic (exact) mass is 470 g/mol. The fourth-order valence-electron chi connectivity index (χ4n) is 3.11. The lowest BCUT2D eigenvalue weighted by atomic mass is 10.1. The second-order valence-corrected chi connectivity index (χ2v) is 7.96. The number of hydrazone groups is 1. The molecule has 2 heterocycles. The summed E-state index contributed by atoms with van der Waals surface area (Å²) < 4.78 is 2.37. The molecule has 0 atom stereocenters. The Morgan fingerprint density at radius 2 is 1.79 bits per heavy atom. The van der Waals surface area contributed by atoms with Gasteiger partial charge in [0.2, 0.25) is 0 Å². The number of amides is 1. The van der Waals surface area contributed by atoms with Gasteiger partial charge in [0.15, 0.2) is 0 Å². The highest BCUT2D eigenvalue weighted by molar-refractivity contribution is 9.10. The Morgan fingerprint density at radius 3 is 2.48 bits per heavy atom. The third-order valence-corrected chi connectivity index (χ3v) is 5.37. The summed E-state index contributed by atoms with van der Waals surface area (Å²) in [6, 6.07) is 14.3. The molecule has 2 aromatic carbocycles. The number of rotatable bonds is 3. The smallest absolute Gasteiger partial charge is 0.280 e. The van der Waals surface area contributed by atoms with Crippen molar-refractivity contribution in [3.8, 4) is 5.69 Å². The number of aryl methyl sites for hydroxylation is 1. The van der Waals surface area contributed by atoms with Crippen molar-refractivity contribution >= 4 is 50.9 Å². The predicted molar refractivity (Wildman–Crippen MR) is 119 cm³/mol. The van der Waals surface area contributed by atoms with Crippen LogP contribution >= 0.6 is 27.5 Å². The molecule has 8 heteroatoms. The fourth-order valence-corrected chi connectivity index (χ4v) is 3.56. The Morgan fingerprint density at radius 1 is 1.07 bits per heavy atom. The molecule has 0 saturated carbocycles. The zero-order valence-electron chi connectivity index (χ0n) is 15.6. The standard InChI is InChI=1S/C21H16BrClN4O2/c1-12-18(20(28)26(24-12)16-8-6-14(22)7-9-16)11-19-13(2)25-27(21(19)29)17-5-3-4-15(23)10-17/h3-11,24H,1-2H3. The number of H-pyrrole nitrogens is 1. The quantitative estimate of drug-likeness (QED) is 0.563. The molecular weight excluding hydrogens is 456 g/mol. The van der Waals surface area contributed by atoms with E-state index in [2.05, 4.69) is 26.1 Å². The molecule has 1 aromatic heterocycles. The summed E-state index contributed by atoms with van der Waals surface area (Å²) in [5.74, 6) is -0.306. The summed E-state index contributed by atoms with van der Waals surface area (Å²) >= 11 is 9.42. The Hall–Kier alpha value is -2.90. The topological polar surface area (TPSA) is 70.5 Å². The summed E-state index contributed by atoms with van der Waals surface area (Å²) in [7, 11) is 0. The molecule has 0 saturated heterocycles. The number of hydrogen-bond donors (Lipinski definition) is 1. The number of hydrogen-bond acceptors (Lipinski definition) is 3. The second-order valence-electron chi connectivity index (χ2n) is 6.61. The SMILES string of the molecule is CC1=NN(c2cccc(Cl)c2)C(=O)C1=Cc1c(C)[nH]n(-c2ccc(Br)cc2)c1=O. The van der Waals surface area contributed by atoms with E-state index in [1.54, 1.807) is 44.2 Å². The lowest BCUT2D eigenvalue weighted by Crippen LogP contribution is -2.22. The van der Waals surface area contributed by atoms with Gasteiger partial charge in [-0.05, 0) is 62.4 Å². The number of aromatic amines is 1. The molecule has 146 valence electrons. The van der Waals surface area contributed by atoms with Crippen LogP contribution < -0.4 is 10.6 Å². The van der Waals surface area contributed by atoms with Crippen LogP contribution in [0.1, 0.15) is 18.2 Å². The van der Waals surface area contributed by atoms with E-state index < -0.39 is 0 Å². The average molecular weight is 472 g/mol. The van der Waals surface area contributed by atoms with Crippen LogP contribution in [0, 0.1) is 6.92 Å². The van der Waals surface area contributed by atoms with Crippen molar-refractivity contribution in [1.82, 2.24) is 9.78 Å². The molecule has 1 aliphatic heterocycles. The van der Waals surface area contributed by atoms with E-state index in [0.717, 1.165) is 4.47 Å². The fraction of sp³-hybridized carbons (Fsp3) is 0.0952. The van der Waals surface area contributed by atoms with Gasteiger partial charge < -0.3 is 0 Å². The molecule has 3 aromatic rings. The predicted octanol–water partition coefficient (Wildman–Crippen LogP) is 4.70. The van der Waals surface area contributed by atoms with Gasteiger partial charge >= 0.3 is 0 Å². The Balaban J connectivity index is 1.73. The number of carbonyl (C=O) groups excluding carboxylic acids is 1. The van der Waals surface area contributed by atoms with Gasteiger partial charge in [0.1, 0.15) is 0 Å². The molecule has 0 spiro atoms. The lowest BCUT2D eigenvalue weighted by Gasteiger charge is -2.11. The van der Waals surface area contributed by atoms with E-state index in [4.69, 9.17) is 11.6 Å². The van der Waals surface area contributed by atoms with Crippen molar-refractivity contribution in [3.63, 3.8) is 0 Å². The number of halogens is 2. The molecule has 0 aliphatic carbocycles. The van der Waals surface area contributed by atoms with Crippen LogP contribution in [0.25, 0.3) is 11.8 Å². The van der Waals surface area contributed by atoms with Gasteiger partial charge in [-0.2, -0.15) is 10.1 Å². The van der Waals surface area contributed by atoms with E-state index in [1.807, 2.05) is 24.3 Å². The maximum absolute atomic E-state index is 13.0. The molecule has 6 nitrogen and oxygen atoms in total. The second kappa shape index (κ2) is 7.50. The van der Waals surface area contributed by atoms with Crippen molar-refractivity contribution in [3.05, 3.63) is 85.2 Å². The molecular formula is C21H16BrClN4O2. The van der Waals surface area contributed by atoms with Gasteiger partial charge in [-0.1, -0.05) is 33.6 Å². The van der Waals surface area contributed by atoms with Crippen molar-refractivity contribution in [2.75, 3.05) is 5.01 Å². The molecule has 0 fully saturated rings. The zero-order valence-corrected chi connectivity index (χ0v) is 18.0. The molecule has 1 N–H and O–H groups in total. The van der Waals surface area contributed by atoms with Gasteiger partial charge in [-0.25, -0.2) is 4.68 Å². The molecule has 0 unspecified atom stereocenters. The molecule has 4 rings (SSSR count). The third kappa shape index (κ3) is 3.59. The van der Waals surface area contributed by atoms with Gasteiger partial charge in [-0.15, -0.1) is 0 Å². The first-order valence-corrected chi connectivity index (χ1v) is 9.97. The van der Waals surface area contributed by atoms with Gasteiger partial charge in [0, 0.05) is 15.2 Å². The summed E-state index contributed by atoms with van der Waals surface area (Å²) in [5, 5.41) is 9.21. The number of benzene rings is 2. The number of nitrogens with one attached hydrogen (secondary N) is 1. The minimum atomic E-state index is -0.306. The normalized spacial score (nSPS) is 15.3. The largest absolute Gasteiger partial charge is 0.295 e. The highest BCUT2D eigenvalue weighted by Gasteiger charge is 2.29. The Bertz CT molecular complexity index is 1240. The minimum absolute atomic E-state index is 0.237. The molecule has 29 heavy (non-hydrogen) atoms. The molecule has 1 aliphatic rings. The van der Waals surface area contributed by atoms with E-state index >= 15 is 0 Å². The molecule has 1 amide bonds. The van der Waals surface area contributed by atoms with E-state index in [-0.39, 0.29) is 11.5 Å². The third-order valence-electron chi connectivity index (χ3n) is 4.61. The molecule has 0 radical (unpaired) electrons. The van der Waals surface area contributed by atoms with Crippen molar-refractivity contribution in [1.29, 1.82) is 0 Å². The zero-order chi connectivity index (χ0) is 20.7. The van der Waals surface area contributed by atoms with Crippen LogP contribution in [-0.4, -0.2) is 21.4 Å². The summed E-state index contributed by atoms with van der Waals surface area (Å²) in [5.41, 5.74) is 3.01. The summed E-state index contributed by atoms with van der Waals surface area (Å²) in [4.78, 5) is 25.9. The van der Waals surface area contributed by atoms with Crippen LogP contribution in [0.4, 0.5) is 5.69 Å². The van der Waals surface area contributed by atoms with E-state index in [9.17, 15) is 9.59 Å². The van der Waals surface area contributed by atoms with Crippen LogP contribution in [0.15, 0.2) is 68.5 Å². The highest BCUT2D eigenvalue weighted by Crippen LogP contribution is 2.27. The number of anilines is 1. The number of nitrogens with zero attached hydrogens (tertiary/aromatic N) is 3. The van der Waals surface area contributed by atoms with E-state index in [0.29, 0.717) is 38.9 Å². The van der Waals surface area contributed by atoms with Gasteiger partial charge in [-0.3, -0.25) is 14.7 Å². The van der Waals surface area contributed by atoms with Crippen LogP contribution in [0.2, 0.25) is 5.02 Å². The summed E-state index contributed by atoms with van der Waals surface area (Å²) in [6.07, 6.45) is 1.59. The first-order chi connectivity index (χ1) is 13.8. The van der Waals surface area contributed by atoms with Crippen LogP contribution in [0.3, 0.4) is 0 Å².